The molecule has 0 fully saturated rings. The Hall–Kier alpha value is -0.800. The molecule has 0 aliphatic heterocycles. The van der Waals surface area contributed by atoms with E-state index in [0.717, 1.165) is 0 Å². The van der Waals surface area contributed by atoms with Gasteiger partial charge in [0.15, 0.2) is 0 Å². The van der Waals surface area contributed by atoms with E-state index in [-0.39, 0.29) is 17.8 Å². The Balaban J connectivity index is 0.000000605. The summed E-state index contributed by atoms with van der Waals surface area (Å²) in [6.07, 6.45) is 1.63. The number of hydrogen-bond donors (Lipinski definition) is 0. The van der Waals surface area contributed by atoms with Gasteiger partial charge in [-0.2, -0.15) is 4.98 Å². The molecule has 0 radical (unpaired) electrons. The van der Waals surface area contributed by atoms with Gasteiger partial charge < -0.3 is 4.42 Å². The van der Waals surface area contributed by atoms with E-state index < -0.39 is 0 Å². The van der Waals surface area contributed by atoms with Crippen molar-refractivity contribution in [2.24, 2.45) is 0 Å². The third kappa shape index (κ3) is 1.44. The minimum absolute atomic E-state index is 0. The average Bonchev–Trinajstić information content (AvgIpc) is 2.27. The predicted molar refractivity (Wildman–Crippen MR) is 44.1 cm³/mol. The highest BCUT2D eigenvalue weighted by atomic mass is 35.5. The molecule has 2 heterocycles. The van der Waals surface area contributed by atoms with Gasteiger partial charge >= 0.3 is 0 Å². The van der Waals surface area contributed by atoms with Crippen molar-refractivity contribution in [2.75, 3.05) is 0 Å². The van der Waals surface area contributed by atoms with Crippen molar-refractivity contribution >= 4 is 35.2 Å². The Morgan fingerprint density at radius 3 is 3.00 bits per heavy atom. The van der Waals surface area contributed by atoms with Crippen molar-refractivity contribution < 1.29 is 4.42 Å². The lowest BCUT2D eigenvalue weighted by Gasteiger charge is -1.78. The van der Waals surface area contributed by atoms with E-state index in [2.05, 4.69) is 9.97 Å². The molecule has 0 saturated heterocycles. The van der Waals surface area contributed by atoms with Crippen LogP contribution in [0.15, 0.2) is 22.7 Å². The van der Waals surface area contributed by atoms with Crippen LogP contribution in [0.4, 0.5) is 0 Å². The second-order valence-electron chi connectivity index (χ2n) is 1.79. The van der Waals surface area contributed by atoms with Gasteiger partial charge in [-0.3, -0.25) is 0 Å². The Labute approximate surface area is 73.8 Å². The van der Waals surface area contributed by atoms with Crippen molar-refractivity contribution in [1.29, 1.82) is 0 Å². The summed E-state index contributed by atoms with van der Waals surface area (Å²) < 4.78 is 4.91. The topological polar surface area (TPSA) is 38.9 Å². The lowest BCUT2D eigenvalue weighted by atomic mass is 10.5. The van der Waals surface area contributed by atoms with Crippen LogP contribution in [0, 0.1) is 0 Å². The van der Waals surface area contributed by atoms with Crippen LogP contribution in [0.1, 0.15) is 0 Å². The predicted octanol–water partition coefficient (Wildman–Crippen LogP) is 2.30. The van der Waals surface area contributed by atoms with Crippen LogP contribution in [0.5, 0.6) is 0 Å². The van der Waals surface area contributed by atoms with E-state index in [4.69, 9.17) is 16.0 Å². The summed E-state index contributed by atoms with van der Waals surface area (Å²) in [5.41, 5.74) is 1.17. The number of pyridine rings is 1. The zero-order chi connectivity index (χ0) is 6.97. The molecule has 0 bridgehead atoms. The summed E-state index contributed by atoms with van der Waals surface area (Å²) in [5.74, 6) is 0. The van der Waals surface area contributed by atoms with E-state index in [0.29, 0.717) is 11.2 Å². The van der Waals surface area contributed by atoms with Crippen molar-refractivity contribution in [1.82, 2.24) is 9.97 Å². The normalized spacial score (nSPS) is 9.55. The van der Waals surface area contributed by atoms with E-state index in [9.17, 15) is 0 Å². The number of hydrogen-bond acceptors (Lipinski definition) is 3. The third-order valence-electron chi connectivity index (χ3n) is 1.14. The number of aromatic nitrogens is 2. The van der Waals surface area contributed by atoms with Gasteiger partial charge in [0.1, 0.15) is 5.52 Å². The molecule has 2 aromatic heterocycles. The number of oxazole rings is 1. The maximum atomic E-state index is 5.47. The number of halogens is 2. The van der Waals surface area contributed by atoms with Crippen LogP contribution < -0.4 is 0 Å². The first kappa shape index (κ1) is 8.30. The SMILES string of the molecule is Cl.Clc1nc2cccnc2o1. The number of fused-ring (bicyclic) bond motifs is 1. The summed E-state index contributed by atoms with van der Waals surface area (Å²) >= 11 is 5.47. The van der Waals surface area contributed by atoms with Gasteiger partial charge in [-0.05, 0) is 23.7 Å². The zero-order valence-corrected chi connectivity index (χ0v) is 6.89. The molecule has 11 heavy (non-hydrogen) atoms. The van der Waals surface area contributed by atoms with Crippen molar-refractivity contribution in [2.45, 2.75) is 0 Å². The van der Waals surface area contributed by atoms with Crippen molar-refractivity contribution in [3.8, 4) is 0 Å². The van der Waals surface area contributed by atoms with E-state index >= 15 is 0 Å². The largest absolute Gasteiger partial charge is 0.408 e. The summed E-state index contributed by atoms with van der Waals surface area (Å²) in [6, 6.07) is 3.57. The third-order valence-corrected chi connectivity index (χ3v) is 1.30. The second-order valence-corrected chi connectivity index (χ2v) is 2.12. The zero-order valence-electron chi connectivity index (χ0n) is 5.32. The Morgan fingerprint density at radius 1 is 1.45 bits per heavy atom. The first-order chi connectivity index (χ1) is 4.86. The molecular formula is C6H4Cl2N2O. The van der Waals surface area contributed by atoms with Gasteiger partial charge in [0.25, 0.3) is 5.35 Å². The lowest BCUT2D eigenvalue weighted by Crippen LogP contribution is -1.69. The van der Waals surface area contributed by atoms with Gasteiger partial charge in [-0.15, -0.1) is 12.4 Å². The molecule has 0 saturated carbocycles. The number of nitrogens with zero attached hydrogens (tertiary/aromatic N) is 2. The molecule has 0 aliphatic carbocycles. The maximum Gasteiger partial charge on any atom is 0.294 e. The minimum atomic E-state index is 0. The molecule has 0 N–H and O–H groups in total. The standard InChI is InChI=1S/C6H3ClN2O.ClH/c7-6-9-4-2-1-3-8-5(4)10-6;/h1-3H;1H. The van der Waals surface area contributed by atoms with E-state index in [1.807, 2.05) is 0 Å². The van der Waals surface area contributed by atoms with Crippen LogP contribution in [0.25, 0.3) is 11.2 Å². The molecule has 0 aromatic carbocycles. The smallest absolute Gasteiger partial charge is 0.294 e. The summed E-state index contributed by atoms with van der Waals surface area (Å²) in [4.78, 5) is 7.74. The van der Waals surface area contributed by atoms with Crippen molar-refractivity contribution in [3.05, 3.63) is 23.7 Å². The Kier molecular flexibility index (Phi) is 2.31. The number of rotatable bonds is 0. The summed E-state index contributed by atoms with van der Waals surface area (Å²) in [7, 11) is 0. The van der Waals surface area contributed by atoms with Crippen LogP contribution >= 0.6 is 24.0 Å². The fourth-order valence-electron chi connectivity index (χ4n) is 0.743. The molecule has 58 valence electrons. The molecule has 3 nitrogen and oxygen atoms in total. The van der Waals surface area contributed by atoms with Gasteiger partial charge in [0.2, 0.25) is 5.71 Å². The summed E-state index contributed by atoms with van der Waals surface area (Å²) in [5, 5.41) is 0.133. The monoisotopic (exact) mass is 190 g/mol. The first-order valence-electron chi connectivity index (χ1n) is 2.73. The average molecular weight is 191 g/mol. The lowest BCUT2D eigenvalue weighted by molar-refractivity contribution is 0.593. The molecule has 2 aromatic rings. The quantitative estimate of drug-likeness (QED) is 0.641. The molecule has 0 amide bonds. The van der Waals surface area contributed by atoms with Crippen LogP contribution in [-0.4, -0.2) is 9.97 Å². The van der Waals surface area contributed by atoms with Gasteiger partial charge in [0.05, 0.1) is 0 Å². The summed E-state index contributed by atoms with van der Waals surface area (Å²) in [6.45, 7) is 0. The first-order valence-corrected chi connectivity index (χ1v) is 3.11. The molecule has 0 aliphatic rings. The van der Waals surface area contributed by atoms with Crippen LogP contribution in [-0.2, 0) is 0 Å². The molecular weight excluding hydrogens is 187 g/mol. The highest BCUT2D eigenvalue weighted by Gasteiger charge is 2.00. The van der Waals surface area contributed by atoms with Gasteiger partial charge in [-0.1, -0.05) is 0 Å². The molecule has 0 spiro atoms. The van der Waals surface area contributed by atoms with Crippen LogP contribution in [0.3, 0.4) is 0 Å². The van der Waals surface area contributed by atoms with Gasteiger partial charge in [0, 0.05) is 6.20 Å². The molecule has 0 atom stereocenters. The molecule has 0 unspecified atom stereocenters. The molecule has 2 rings (SSSR count). The fraction of sp³-hybridized carbons (Fsp3) is 0. The van der Waals surface area contributed by atoms with Gasteiger partial charge in [-0.25, -0.2) is 4.98 Å². The van der Waals surface area contributed by atoms with Crippen LogP contribution in [0.2, 0.25) is 5.35 Å². The Morgan fingerprint density at radius 2 is 2.27 bits per heavy atom. The highest BCUT2D eigenvalue weighted by Crippen LogP contribution is 2.14. The maximum absolute atomic E-state index is 5.47. The minimum Gasteiger partial charge on any atom is -0.408 e. The van der Waals surface area contributed by atoms with Crippen molar-refractivity contribution in [3.63, 3.8) is 0 Å². The highest BCUT2D eigenvalue weighted by molar-refractivity contribution is 6.28. The van der Waals surface area contributed by atoms with E-state index in [1.54, 1.807) is 18.3 Å². The molecule has 5 heteroatoms. The van der Waals surface area contributed by atoms with E-state index in [1.165, 1.54) is 0 Å². The fourth-order valence-corrected chi connectivity index (χ4v) is 0.907. The Bertz CT molecular complexity index is 327. The second kappa shape index (κ2) is 3.07.